The Morgan fingerprint density at radius 2 is 1.74 bits per heavy atom. The quantitative estimate of drug-likeness (QED) is 0.433. The fourth-order valence-electron chi connectivity index (χ4n) is 4.48. The first-order valence-corrected chi connectivity index (χ1v) is 13.2. The Morgan fingerprint density at radius 1 is 0.971 bits per heavy atom. The predicted molar refractivity (Wildman–Crippen MR) is 138 cm³/mol. The highest BCUT2D eigenvalue weighted by Gasteiger charge is 2.24. The van der Waals surface area contributed by atoms with Crippen LogP contribution in [0.3, 0.4) is 0 Å². The second-order valence-electron chi connectivity index (χ2n) is 8.89. The number of sulfonamides is 1. The van der Waals surface area contributed by atoms with Gasteiger partial charge in [0.15, 0.2) is 0 Å². The van der Waals surface area contributed by atoms with Gasteiger partial charge in [0.1, 0.15) is 5.52 Å². The molecule has 1 saturated heterocycles. The van der Waals surface area contributed by atoms with Gasteiger partial charge in [0.05, 0.1) is 34.0 Å². The number of rotatable bonds is 6. The molecule has 8 heteroatoms. The Bertz CT molecular complexity index is 1430. The molecule has 0 radical (unpaired) electrons. The molecule has 1 fully saturated rings. The predicted octanol–water partition coefficient (Wildman–Crippen LogP) is 4.39. The fourth-order valence-corrected chi connectivity index (χ4v) is 5.55. The minimum Gasteiger partial charge on any atom is -0.372 e. The zero-order valence-electron chi connectivity index (χ0n) is 19.8. The van der Waals surface area contributed by atoms with E-state index < -0.39 is 10.0 Å². The first kappa shape index (κ1) is 23.4. The third-order valence-electron chi connectivity index (χ3n) is 6.07. The first-order valence-electron chi connectivity index (χ1n) is 11.7. The molecule has 3 heterocycles. The molecule has 2 atom stereocenters. The van der Waals surface area contributed by atoms with Crippen LogP contribution in [-0.2, 0) is 21.3 Å². The van der Waals surface area contributed by atoms with Crippen LogP contribution in [0, 0.1) is 0 Å². The maximum absolute atomic E-state index is 13.0. The summed E-state index contributed by atoms with van der Waals surface area (Å²) < 4.78 is 34.5. The monoisotopic (exact) mass is 488 g/mol. The number of pyridine rings is 2. The summed E-state index contributed by atoms with van der Waals surface area (Å²) >= 11 is 0. The maximum atomic E-state index is 13.0. The summed E-state index contributed by atoms with van der Waals surface area (Å²) in [5, 5.41) is 0. The largest absolute Gasteiger partial charge is 0.372 e. The number of ether oxygens (including phenoxy) is 1. The van der Waals surface area contributed by atoms with E-state index in [1.165, 1.54) is 0 Å². The van der Waals surface area contributed by atoms with Crippen LogP contribution in [0.15, 0.2) is 83.9 Å². The van der Waals surface area contributed by atoms with Gasteiger partial charge >= 0.3 is 0 Å². The van der Waals surface area contributed by atoms with E-state index in [0.29, 0.717) is 5.69 Å². The minimum atomic E-state index is -3.68. The minimum absolute atomic E-state index is 0.121. The molecule has 1 aliphatic rings. The lowest BCUT2D eigenvalue weighted by Gasteiger charge is -2.37. The van der Waals surface area contributed by atoms with Crippen molar-refractivity contribution >= 4 is 26.7 Å². The van der Waals surface area contributed by atoms with E-state index in [-0.39, 0.29) is 23.6 Å². The molecular weight excluding hydrogens is 460 g/mol. The lowest BCUT2D eigenvalue weighted by molar-refractivity contribution is -0.00514. The van der Waals surface area contributed by atoms with E-state index in [1.807, 2.05) is 54.6 Å². The van der Waals surface area contributed by atoms with Crippen molar-refractivity contribution in [2.24, 2.45) is 0 Å². The Kier molecular flexibility index (Phi) is 6.51. The standard InChI is InChI=1S/C27H28N4O3S/c1-19-17-31(18-20(2)34-19)26-13-14-28-25-12-11-24(30-27(25)26)22-9-6-10-23(15-22)35(32,33)29-16-21-7-4-3-5-8-21/h3-15,19-20,29H,16-18H2,1-2H3/t19-,20+. The average molecular weight is 489 g/mol. The molecular formula is C27H28N4O3S. The van der Waals surface area contributed by atoms with E-state index in [2.05, 4.69) is 28.5 Å². The van der Waals surface area contributed by atoms with Gasteiger partial charge in [-0.3, -0.25) is 4.98 Å². The number of nitrogens with one attached hydrogen (secondary N) is 1. The van der Waals surface area contributed by atoms with Crippen LogP contribution < -0.4 is 9.62 Å². The number of nitrogens with zero attached hydrogens (tertiary/aromatic N) is 3. The second-order valence-corrected chi connectivity index (χ2v) is 10.7. The molecule has 4 aromatic rings. The average Bonchev–Trinajstić information content (AvgIpc) is 2.87. The highest BCUT2D eigenvalue weighted by molar-refractivity contribution is 7.89. The molecule has 5 rings (SSSR count). The first-order chi connectivity index (χ1) is 16.9. The molecule has 0 amide bonds. The molecule has 0 unspecified atom stereocenters. The van der Waals surface area contributed by atoms with Crippen LogP contribution in [0.25, 0.3) is 22.3 Å². The van der Waals surface area contributed by atoms with Gasteiger partial charge in [0.25, 0.3) is 0 Å². The van der Waals surface area contributed by atoms with Gasteiger partial charge in [0, 0.05) is 31.4 Å². The maximum Gasteiger partial charge on any atom is 0.240 e. The Hall–Kier alpha value is -3.33. The second kappa shape index (κ2) is 9.73. The summed E-state index contributed by atoms with van der Waals surface area (Å²) in [5.41, 5.74) is 4.92. The molecule has 2 aromatic carbocycles. The molecule has 180 valence electrons. The third kappa shape index (κ3) is 5.19. The van der Waals surface area contributed by atoms with E-state index >= 15 is 0 Å². The molecule has 2 aromatic heterocycles. The highest BCUT2D eigenvalue weighted by atomic mass is 32.2. The summed E-state index contributed by atoms with van der Waals surface area (Å²) in [4.78, 5) is 11.9. The van der Waals surface area contributed by atoms with E-state index in [4.69, 9.17) is 9.72 Å². The van der Waals surface area contributed by atoms with E-state index in [0.717, 1.165) is 40.9 Å². The summed E-state index contributed by atoms with van der Waals surface area (Å²) in [7, 11) is -3.68. The molecule has 7 nitrogen and oxygen atoms in total. The molecule has 0 saturated carbocycles. The fraction of sp³-hybridized carbons (Fsp3) is 0.259. The number of morpholine rings is 1. The Morgan fingerprint density at radius 3 is 2.51 bits per heavy atom. The highest BCUT2D eigenvalue weighted by Crippen LogP contribution is 2.30. The topological polar surface area (TPSA) is 84.4 Å². The number of anilines is 1. The van der Waals surface area contributed by atoms with Crippen LogP contribution >= 0.6 is 0 Å². The number of benzene rings is 2. The van der Waals surface area contributed by atoms with Crippen molar-refractivity contribution in [3.63, 3.8) is 0 Å². The number of hydrogen-bond acceptors (Lipinski definition) is 6. The lowest BCUT2D eigenvalue weighted by atomic mass is 10.1. The molecule has 35 heavy (non-hydrogen) atoms. The van der Waals surface area contributed by atoms with E-state index in [1.54, 1.807) is 24.4 Å². The summed E-state index contributed by atoms with van der Waals surface area (Å²) in [6.07, 6.45) is 2.04. The van der Waals surface area contributed by atoms with Crippen LogP contribution in [0.1, 0.15) is 19.4 Å². The van der Waals surface area contributed by atoms with Crippen LogP contribution in [0.4, 0.5) is 5.69 Å². The van der Waals surface area contributed by atoms with Gasteiger partial charge in [-0.2, -0.15) is 0 Å². The van der Waals surface area contributed by atoms with Crippen molar-refractivity contribution in [1.29, 1.82) is 0 Å². The van der Waals surface area contributed by atoms with Crippen molar-refractivity contribution in [1.82, 2.24) is 14.7 Å². The SMILES string of the molecule is C[C@@H]1CN(c2ccnc3ccc(-c4cccc(S(=O)(=O)NCc5ccccc5)c4)nc23)C[C@H](C)O1. The summed E-state index contributed by atoms with van der Waals surface area (Å²) in [5.74, 6) is 0. The van der Waals surface area contributed by atoms with Crippen molar-refractivity contribution in [3.8, 4) is 11.3 Å². The molecule has 0 aliphatic carbocycles. The van der Waals surface area contributed by atoms with Crippen molar-refractivity contribution in [2.45, 2.75) is 37.5 Å². The van der Waals surface area contributed by atoms with E-state index in [9.17, 15) is 8.42 Å². The van der Waals surface area contributed by atoms with Gasteiger partial charge in [-0.15, -0.1) is 0 Å². The molecule has 0 bridgehead atoms. The van der Waals surface area contributed by atoms with Crippen LogP contribution in [0.5, 0.6) is 0 Å². The third-order valence-corrected chi connectivity index (χ3v) is 7.47. The zero-order chi connectivity index (χ0) is 24.4. The Labute approximate surface area is 205 Å². The van der Waals surface area contributed by atoms with Gasteiger partial charge in [-0.1, -0.05) is 42.5 Å². The van der Waals surface area contributed by atoms with Crippen molar-refractivity contribution < 1.29 is 13.2 Å². The molecule has 0 spiro atoms. The van der Waals surface area contributed by atoms with Crippen molar-refractivity contribution in [2.75, 3.05) is 18.0 Å². The van der Waals surface area contributed by atoms with Gasteiger partial charge in [0.2, 0.25) is 10.0 Å². The zero-order valence-corrected chi connectivity index (χ0v) is 20.6. The number of hydrogen-bond donors (Lipinski definition) is 1. The van der Waals surface area contributed by atoms with Gasteiger partial charge in [-0.05, 0) is 49.7 Å². The summed E-state index contributed by atoms with van der Waals surface area (Å²) in [6, 6.07) is 22.1. The smallest absolute Gasteiger partial charge is 0.240 e. The molecule has 1 aliphatic heterocycles. The van der Waals surface area contributed by atoms with Crippen LogP contribution in [-0.4, -0.2) is 43.7 Å². The lowest BCUT2D eigenvalue weighted by Crippen LogP contribution is -2.45. The molecule has 1 N–H and O–H groups in total. The van der Waals surface area contributed by atoms with Gasteiger partial charge in [-0.25, -0.2) is 18.1 Å². The number of fused-ring (bicyclic) bond motifs is 1. The number of aromatic nitrogens is 2. The van der Waals surface area contributed by atoms with Crippen LogP contribution in [0.2, 0.25) is 0 Å². The normalized spacial score (nSPS) is 18.6. The van der Waals surface area contributed by atoms with Gasteiger partial charge < -0.3 is 9.64 Å². The van der Waals surface area contributed by atoms with Crippen molar-refractivity contribution in [3.05, 3.63) is 84.6 Å². The summed E-state index contributed by atoms with van der Waals surface area (Å²) in [6.45, 7) is 5.92. The Balaban J connectivity index is 1.46.